The first-order valence-electron chi connectivity index (χ1n) is 4.05. The summed E-state index contributed by atoms with van der Waals surface area (Å²) in [6, 6.07) is 7.04. The molecule has 1 aromatic rings. The van der Waals surface area contributed by atoms with Crippen molar-refractivity contribution in [3.05, 3.63) is 45.5 Å². The van der Waals surface area contributed by atoms with Crippen LogP contribution in [0.5, 0.6) is 0 Å². The largest absolute Gasteiger partial charge is 0.380 e. The Bertz CT molecular complexity index is 343. The minimum Gasteiger partial charge on any atom is -0.380 e. The van der Waals surface area contributed by atoms with Crippen LogP contribution in [0.3, 0.4) is 0 Å². The molecule has 76 valence electrons. The monoisotopic (exact) mass is 259 g/mol. The van der Waals surface area contributed by atoms with Crippen molar-refractivity contribution in [1.29, 1.82) is 0 Å². The molecule has 1 unspecified atom stereocenters. The molecule has 0 aliphatic heterocycles. The van der Waals surface area contributed by atoms with Gasteiger partial charge in [-0.2, -0.15) is 0 Å². The molecule has 0 amide bonds. The molecule has 0 radical (unpaired) electrons. The van der Waals surface area contributed by atoms with Crippen LogP contribution in [0.1, 0.15) is 17.2 Å². The lowest BCUT2D eigenvalue weighted by molar-refractivity contribution is -0.505. The van der Waals surface area contributed by atoms with Crippen LogP contribution < -0.4 is 0 Å². The molecular weight excluding hydrogens is 250 g/mol. The van der Waals surface area contributed by atoms with Crippen molar-refractivity contribution < 1.29 is 10.0 Å². The van der Waals surface area contributed by atoms with Crippen LogP contribution in [0.2, 0.25) is 0 Å². The zero-order valence-electron chi connectivity index (χ0n) is 7.55. The van der Waals surface area contributed by atoms with E-state index in [2.05, 4.69) is 15.9 Å². The third-order valence-electron chi connectivity index (χ3n) is 1.97. The highest BCUT2D eigenvalue weighted by atomic mass is 79.9. The van der Waals surface area contributed by atoms with E-state index in [0.717, 1.165) is 5.56 Å². The molecule has 1 rings (SSSR count). The van der Waals surface area contributed by atoms with Gasteiger partial charge in [-0.05, 0) is 34.0 Å². The third kappa shape index (κ3) is 2.30. The molecule has 0 aliphatic carbocycles. The minimum absolute atomic E-state index is 0.558. The number of nitro groups is 1. The number of aliphatic hydroxyl groups excluding tert-OH is 1. The van der Waals surface area contributed by atoms with E-state index < -0.39 is 16.0 Å². The Kier molecular flexibility index (Phi) is 3.60. The average Bonchev–Trinajstić information content (AvgIpc) is 2.16. The molecule has 4 nitrogen and oxygen atoms in total. The third-order valence-corrected chi connectivity index (χ3v) is 2.80. The molecular formula is C9H10BrNO3. The Labute approximate surface area is 89.8 Å². The number of hydrogen-bond donors (Lipinski definition) is 1. The molecule has 1 N–H and O–H groups in total. The van der Waals surface area contributed by atoms with Crippen molar-refractivity contribution in [1.82, 2.24) is 0 Å². The molecule has 0 aliphatic rings. The van der Waals surface area contributed by atoms with Gasteiger partial charge in [0.25, 0.3) is 4.95 Å². The van der Waals surface area contributed by atoms with Crippen molar-refractivity contribution in [2.24, 2.45) is 0 Å². The lowest BCUT2D eigenvalue weighted by atomic mass is 10.0. The van der Waals surface area contributed by atoms with E-state index in [1.807, 2.05) is 6.07 Å². The van der Waals surface area contributed by atoms with Crippen molar-refractivity contribution in [3.8, 4) is 0 Å². The summed E-state index contributed by atoms with van der Waals surface area (Å²) in [7, 11) is 0. The van der Waals surface area contributed by atoms with E-state index in [-0.39, 0.29) is 0 Å². The Morgan fingerprint density at radius 3 is 2.57 bits per heavy atom. The number of halogens is 1. The summed E-state index contributed by atoms with van der Waals surface area (Å²) in [4.78, 5) is 8.70. The molecule has 0 heterocycles. The summed E-state index contributed by atoms with van der Waals surface area (Å²) in [6.07, 6.45) is -1.12. The van der Waals surface area contributed by atoms with Crippen LogP contribution in [0, 0.1) is 17.0 Å². The number of benzene rings is 1. The number of aliphatic hydroxyl groups is 1. The van der Waals surface area contributed by atoms with Crippen LogP contribution in [-0.4, -0.2) is 15.0 Å². The summed E-state index contributed by atoms with van der Waals surface area (Å²) in [5.41, 5.74) is 1.41. The quantitative estimate of drug-likeness (QED) is 0.391. The number of nitrogens with zero attached hydrogens (tertiary/aromatic N) is 1. The summed E-state index contributed by atoms with van der Waals surface area (Å²) < 4.78 is 0. The molecule has 5 heteroatoms. The van der Waals surface area contributed by atoms with Gasteiger partial charge in [0.2, 0.25) is 0 Å². The van der Waals surface area contributed by atoms with Crippen LogP contribution in [0.4, 0.5) is 0 Å². The Morgan fingerprint density at radius 1 is 1.50 bits per heavy atom. The van der Waals surface area contributed by atoms with E-state index in [0.29, 0.717) is 5.56 Å². The van der Waals surface area contributed by atoms with Gasteiger partial charge in [0.1, 0.15) is 0 Å². The molecule has 0 aromatic heterocycles. The standard InChI is InChI=1S/C9H10BrNO3/c1-6-4-2-3-5-7(6)8(12)9(10)11(13)14/h2-5,8-9,12H,1H3/t8-,9?/m0/s1. The topological polar surface area (TPSA) is 63.4 Å². The smallest absolute Gasteiger partial charge is 0.295 e. The second-order valence-electron chi connectivity index (χ2n) is 2.96. The summed E-state index contributed by atoms with van der Waals surface area (Å²) in [5.74, 6) is 0. The van der Waals surface area contributed by atoms with Crippen LogP contribution in [0.25, 0.3) is 0 Å². The molecule has 0 spiro atoms. The first-order valence-corrected chi connectivity index (χ1v) is 4.96. The van der Waals surface area contributed by atoms with Gasteiger partial charge in [-0.1, -0.05) is 24.3 Å². The summed E-state index contributed by atoms with van der Waals surface area (Å²) >= 11 is 2.83. The maximum absolute atomic E-state index is 10.4. The van der Waals surface area contributed by atoms with Gasteiger partial charge in [-0.15, -0.1) is 0 Å². The van der Waals surface area contributed by atoms with E-state index in [9.17, 15) is 15.2 Å². The average molecular weight is 260 g/mol. The van der Waals surface area contributed by atoms with Crippen molar-refractivity contribution in [3.63, 3.8) is 0 Å². The molecule has 1 aromatic carbocycles. The molecule has 0 bridgehead atoms. The van der Waals surface area contributed by atoms with Gasteiger partial charge in [0, 0.05) is 4.92 Å². The highest BCUT2D eigenvalue weighted by Crippen LogP contribution is 2.25. The molecule has 0 saturated carbocycles. The predicted octanol–water partition coefficient (Wildman–Crippen LogP) is 2.03. The lowest BCUT2D eigenvalue weighted by Gasteiger charge is -2.13. The highest BCUT2D eigenvalue weighted by Gasteiger charge is 2.28. The zero-order valence-corrected chi connectivity index (χ0v) is 9.14. The number of hydrogen-bond acceptors (Lipinski definition) is 3. The summed E-state index contributed by atoms with van der Waals surface area (Å²) in [5, 5.41) is 20.1. The van der Waals surface area contributed by atoms with Gasteiger partial charge in [-0.3, -0.25) is 10.1 Å². The number of rotatable bonds is 3. The van der Waals surface area contributed by atoms with Crippen molar-refractivity contribution in [2.45, 2.75) is 18.0 Å². The zero-order chi connectivity index (χ0) is 10.7. The first-order chi connectivity index (χ1) is 6.54. The fraction of sp³-hybridized carbons (Fsp3) is 0.333. The maximum Gasteiger partial charge on any atom is 0.295 e. The van der Waals surface area contributed by atoms with Gasteiger partial charge in [0.15, 0.2) is 6.10 Å². The van der Waals surface area contributed by atoms with Gasteiger partial charge >= 0.3 is 0 Å². The Balaban J connectivity index is 2.94. The lowest BCUT2D eigenvalue weighted by Crippen LogP contribution is -2.21. The van der Waals surface area contributed by atoms with Gasteiger partial charge < -0.3 is 5.11 Å². The van der Waals surface area contributed by atoms with Crippen LogP contribution in [-0.2, 0) is 0 Å². The summed E-state index contributed by atoms with van der Waals surface area (Å²) in [6.45, 7) is 1.80. The van der Waals surface area contributed by atoms with Crippen LogP contribution >= 0.6 is 15.9 Å². The highest BCUT2D eigenvalue weighted by molar-refractivity contribution is 9.09. The van der Waals surface area contributed by atoms with Crippen LogP contribution in [0.15, 0.2) is 24.3 Å². The predicted molar refractivity (Wildman–Crippen MR) is 55.8 cm³/mol. The van der Waals surface area contributed by atoms with Crippen molar-refractivity contribution in [2.75, 3.05) is 0 Å². The first kappa shape index (κ1) is 11.1. The molecule has 2 atom stereocenters. The molecule has 0 fully saturated rings. The maximum atomic E-state index is 10.4. The number of alkyl halides is 1. The van der Waals surface area contributed by atoms with Gasteiger partial charge in [-0.25, -0.2) is 0 Å². The second-order valence-corrected chi connectivity index (χ2v) is 3.90. The normalized spacial score (nSPS) is 14.8. The number of aryl methyl sites for hydroxylation is 1. The van der Waals surface area contributed by atoms with E-state index in [4.69, 9.17) is 0 Å². The second kappa shape index (κ2) is 4.52. The Hall–Kier alpha value is -0.940. The van der Waals surface area contributed by atoms with Gasteiger partial charge in [0.05, 0.1) is 0 Å². The van der Waals surface area contributed by atoms with Crippen molar-refractivity contribution >= 4 is 15.9 Å². The SMILES string of the molecule is Cc1ccccc1[C@H](O)C(Br)[N+](=O)[O-]. The molecule has 0 saturated heterocycles. The fourth-order valence-corrected chi connectivity index (χ4v) is 1.47. The Morgan fingerprint density at radius 2 is 2.07 bits per heavy atom. The van der Waals surface area contributed by atoms with E-state index in [1.165, 1.54) is 0 Å². The fourth-order valence-electron chi connectivity index (χ4n) is 1.18. The van der Waals surface area contributed by atoms with E-state index >= 15 is 0 Å². The minimum atomic E-state index is -1.16. The molecule has 14 heavy (non-hydrogen) atoms. The van der Waals surface area contributed by atoms with E-state index in [1.54, 1.807) is 25.1 Å².